The monoisotopic (exact) mass is 821 g/mol. The average Bonchev–Trinajstić information content (AvgIpc) is 3.22. The molecule has 0 spiro atoms. The van der Waals surface area contributed by atoms with Crippen LogP contribution in [-0.2, 0) is 28.5 Å². The van der Waals surface area contributed by atoms with Crippen molar-refractivity contribution in [2.75, 3.05) is 19.8 Å². The molecule has 0 aromatic carbocycles. The van der Waals surface area contributed by atoms with Gasteiger partial charge in [0, 0.05) is 12.8 Å². The fraction of sp³-hybridized carbons (Fsp3) is 0.792. The zero-order chi connectivity index (χ0) is 42.3. The summed E-state index contributed by atoms with van der Waals surface area (Å²) in [5.74, 6) is -0.869. The van der Waals surface area contributed by atoms with Crippen LogP contribution in [0.3, 0.4) is 0 Å². The van der Waals surface area contributed by atoms with Gasteiger partial charge in [0.1, 0.15) is 31.0 Å². The number of allylic oxidation sites excluding steroid dienone is 8. The quantitative estimate of drug-likeness (QED) is 0.0269. The van der Waals surface area contributed by atoms with Gasteiger partial charge < -0.3 is 39.4 Å². The van der Waals surface area contributed by atoms with Gasteiger partial charge in [-0.2, -0.15) is 0 Å². The lowest BCUT2D eigenvalue weighted by Crippen LogP contribution is -2.59. The summed E-state index contributed by atoms with van der Waals surface area (Å²) in [6, 6.07) is 0. The normalized spacial score (nSPS) is 20.6. The van der Waals surface area contributed by atoms with Crippen LogP contribution >= 0.6 is 0 Å². The molecule has 0 aliphatic carbocycles. The molecule has 1 fully saturated rings. The van der Waals surface area contributed by atoms with Crippen LogP contribution in [0.25, 0.3) is 0 Å². The Morgan fingerprint density at radius 1 is 0.534 bits per heavy atom. The number of esters is 2. The molecule has 0 saturated carbocycles. The topological polar surface area (TPSA) is 152 Å². The number of hydrogen-bond donors (Lipinski definition) is 4. The fourth-order valence-electron chi connectivity index (χ4n) is 6.77. The zero-order valence-electron chi connectivity index (χ0n) is 36.5. The summed E-state index contributed by atoms with van der Waals surface area (Å²) in [4.78, 5) is 25.3. The summed E-state index contributed by atoms with van der Waals surface area (Å²) in [6.45, 7) is 3.35. The van der Waals surface area contributed by atoms with Crippen LogP contribution in [0, 0.1) is 0 Å². The predicted molar refractivity (Wildman–Crippen MR) is 233 cm³/mol. The molecule has 0 radical (unpaired) electrons. The molecule has 1 aliphatic rings. The number of carbonyl (C=O) groups excluding carboxylic acids is 2. The molecule has 1 saturated heterocycles. The molecule has 336 valence electrons. The first-order valence-electron chi connectivity index (χ1n) is 23.2. The van der Waals surface area contributed by atoms with E-state index in [0.717, 1.165) is 44.9 Å². The maximum atomic E-state index is 12.8. The van der Waals surface area contributed by atoms with Crippen LogP contribution in [-0.4, -0.2) is 89.0 Å². The lowest BCUT2D eigenvalue weighted by Gasteiger charge is -2.39. The summed E-state index contributed by atoms with van der Waals surface area (Å²) in [6.07, 6.45) is 38.3. The van der Waals surface area contributed by atoms with Gasteiger partial charge in [0.15, 0.2) is 12.4 Å². The van der Waals surface area contributed by atoms with E-state index in [2.05, 4.69) is 56.4 Å². The second-order valence-corrected chi connectivity index (χ2v) is 15.9. The summed E-state index contributed by atoms with van der Waals surface area (Å²) < 4.78 is 22.1. The number of aliphatic hydroxyl groups excluding tert-OH is 4. The molecule has 1 aliphatic heterocycles. The predicted octanol–water partition coefficient (Wildman–Crippen LogP) is 10.1. The molecule has 1 heterocycles. The number of unbranched alkanes of at least 4 members (excludes halogenated alkanes) is 19. The van der Waals surface area contributed by atoms with E-state index >= 15 is 0 Å². The van der Waals surface area contributed by atoms with Crippen molar-refractivity contribution in [3.05, 3.63) is 48.6 Å². The van der Waals surface area contributed by atoms with Gasteiger partial charge in [0.25, 0.3) is 0 Å². The van der Waals surface area contributed by atoms with Crippen molar-refractivity contribution in [1.29, 1.82) is 0 Å². The van der Waals surface area contributed by atoms with Gasteiger partial charge in [-0.3, -0.25) is 9.59 Å². The van der Waals surface area contributed by atoms with Crippen molar-refractivity contribution >= 4 is 11.9 Å². The van der Waals surface area contributed by atoms with Crippen molar-refractivity contribution in [1.82, 2.24) is 0 Å². The Hall–Kier alpha value is -2.34. The molecule has 10 heteroatoms. The van der Waals surface area contributed by atoms with E-state index < -0.39 is 49.4 Å². The highest BCUT2D eigenvalue weighted by Gasteiger charge is 2.44. The Morgan fingerprint density at radius 3 is 1.50 bits per heavy atom. The highest BCUT2D eigenvalue weighted by Crippen LogP contribution is 2.22. The van der Waals surface area contributed by atoms with Crippen molar-refractivity contribution < 1.29 is 49.0 Å². The Kier molecular flexibility index (Phi) is 35.9. The van der Waals surface area contributed by atoms with E-state index in [1.54, 1.807) is 0 Å². The average molecular weight is 821 g/mol. The molecular weight excluding hydrogens is 737 g/mol. The highest BCUT2D eigenvalue weighted by atomic mass is 16.7. The molecule has 0 aromatic rings. The molecule has 4 N–H and O–H groups in total. The fourth-order valence-corrected chi connectivity index (χ4v) is 6.77. The van der Waals surface area contributed by atoms with Crippen molar-refractivity contribution in [2.24, 2.45) is 0 Å². The van der Waals surface area contributed by atoms with Gasteiger partial charge in [0.2, 0.25) is 0 Å². The molecule has 1 unspecified atom stereocenters. The van der Waals surface area contributed by atoms with Crippen molar-refractivity contribution in [2.45, 2.75) is 224 Å². The maximum absolute atomic E-state index is 12.8. The number of aliphatic hydroxyl groups is 4. The van der Waals surface area contributed by atoms with Crippen molar-refractivity contribution in [3.63, 3.8) is 0 Å². The van der Waals surface area contributed by atoms with E-state index in [-0.39, 0.29) is 32.0 Å². The number of hydrogen-bond acceptors (Lipinski definition) is 10. The van der Waals surface area contributed by atoms with Gasteiger partial charge in [-0.15, -0.1) is 0 Å². The Morgan fingerprint density at radius 2 is 0.983 bits per heavy atom. The smallest absolute Gasteiger partial charge is 0.306 e. The standard InChI is InChI=1S/C48H84O10/c1-3-5-7-9-11-13-15-17-19-21-23-25-27-29-31-33-35-37-44(51)57-41(40-56-48-47(54)46(53)45(52)42(38-49)58-48)39-55-43(50)36-34-32-30-28-26-24-22-20-18-16-14-12-10-8-6-4-2/h11,13,17,19,23,25,29,31,41-42,45-49,52-54H,3-10,12,14-16,18,20-22,24,26-28,30,32-40H2,1-2H3/b13-11-,19-17-,25-23-,31-29-/t41?,42-,45+,46+,47-,48-/m1/s1. The molecule has 0 amide bonds. The summed E-state index contributed by atoms with van der Waals surface area (Å²) in [5, 5.41) is 40.1. The molecular formula is C48H84O10. The summed E-state index contributed by atoms with van der Waals surface area (Å²) >= 11 is 0. The molecule has 58 heavy (non-hydrogen) atoms. The highest BCUT2D eigenvalue weighted by molar-refractivity contribution is 5.70. The SMILES string of the molecule is CCCCC/C=C\C/C=C\C/C=C\C/C=C\CCCC(=O)OC(COC(=O)CCCCCCCCCCCCCCCCCC)CO[C@@H]1O[C@H](CO)[C@H](O)[C@H](O)[C@H]1O. The minimum absolute atomic E-state index is 0.154. The lowest BCUT2D eigenvalue weighted by atomic mass is 9.99. The third-order valence-corrected chi connectivity index (χ3v) is 10.5. The van der Waals surface area contributed by atoms with E-state index in [9.17, 15) is 30.0 Å². The van der Waals surface area contributed by atoms with Crippen LogP contribution in [0.1, 0.15) is 187 Å². The molecule has 0 bridgehead atoms. The summed E-state index contributed by atoms with van der Waals surface area (Å²) in [7, 11) is 0. The largest absolute Gasteiger partial charge is 0.462 e. The zero-order valence-corrected chi connectivity index (χ0v) is 36.5. The lowest BCUT2D eigenvalue weighted by molar-refractivity contribution is -0.305. The summed E-state index contributed by atoms with van der Waals surface area (Å²) in [5.41, 5.74) is 0. The number of ether oxygens (including phenoxy) is 4. The first-order valence-corrected chi connectivity index (χ1v) is 23.2. The van der Waals surface area contributed by atoms with Gasteiger partial charge >= 0.3 is 11.9 Å². The first-order chi connectivity index (χ1) is 28.3. The van der Waals surface area contributed by atoms with Gasteiger partial charge in [-0.05, 0) is 51.4 Å². The van der Waals surface area contributed by atoms with Crippen LogP contribution in [0.15, 0.2) is 48.6 Å². The second-order valence-electron chi connectivity index (χ2n) is 15.9. The minimum atomic E-state index is -1.60. The molecule has 6 atom stereocenters. The molecule has 1 rings (SSSR count). The van der Waals surface area contributed by atoms with Crippen LogP contribution in [0.2, 0.25) is 0 Å². The van der Waals surface area contributed by atoms with E-state index in [1.165, 1.54) is 103 Å². The van der Waals surface area contributed by atoms with Gasteiger partial charge in [0.05, 0.1) is 13.2 Å². The Bertz CT molecular complexity index is 1090. The van der Waals surface area contributed by atoms with Crippen LogP contribution in [0.4, 0.5) is 0 Å². The third kappa shape index (κ3) is 29.8. The number of rotatable bonds is 38. The van der Waals surface area contributed by atoms with Crippen LogP contribution in [0.5, 0.6) is 0 Å². The van der Waals surface area contributed by atoms with E-state index in [0.29, 0.717) is 12.8 Å². The second kappa shape index (κ2) is 38.8. The molecule has 0 aromatic heterocycles. The molecule has 10 nitrogen and oxygen atoms in total. The van der Waals surface area contributed by atoms with Gasteiger partial charge in [-0.1, -0.05) is 172 Å². The number of carbonyl (C=O) groups is 2. The first kappa shape index (κ1) is 53.7. The van der Waals surface area contributed by atoms with Gasteiger partial charge in [-0.25, -0.2) is 0 Å². The third-order valence-electron chi connectivity index (χ3n) is 10.5. The van der Waals surface area contributed by atoms with Crippen molar-refractivity contribution in [3.8, 4) is 0 Å². The van der Waals surface area contributed by atoms with E-state index in [1.807, 2.05) is 6.08 Å². The Balaban J connectivity index is 2.36. The Labute approximate surface area is 352 Å². The minimum Gasteiger partial charge on any atom is -0.462 e. The van der Waals surface area contributed by atoms with Crippen LogP contribution < -0.4 is 0 Å². The van der Waals surface area contributed by atoms with E-state index in [4.69, 9.17) is 18.9 Å². The maximum Gasteiger partial charge on any atom is 0.306 e.